The summed E-state index contributed by atoms with van der Waals surface area (Å²) >= 11 is 6.17. The van der Waals surface area contributed by atoms with Gasteiger partial charge in [0, 0.05) is 11.6 Å². The molecule has 2 aromatic heterocycles. The lowest BCUT2D eigenvalue weighted by molar-refractivity contribution is 0.388. The monoisotopic (exact) mass is 440 g/mol. The van der Waals surface area contributed by atoms with Crippen molar-refractivity contribution in [3.63, 3.8) is 0 Å². The first kappa shape index (κ1) is 19.0. The minimum absolute atomic E-state index is 0.00322. The fourth-order valence-electron chi connectivity index (χ4n) is 3.37. The highest BCUT2D eigenvalue weighted by atomic mass is 35.5. The average molecular weight is 441 g/mol. The number of halogens is 1. The Morgan fingerprint density at radius 2 is 1.80 bits per heavy atom. The van der Waals surface area contributed by atoms with Crippen LogP contribution in [0.2, 0.25) is 5.02 Å². The summed E-state index contributed by atoms with van der Waals surface area (Å²) in [5.41, 5.74) is 2.30. The number of hydrogen-bond acceptors (Lipinski definition) is 6. The van der Waals surface area contributed by atoms with Crippen LogP contribution in [-0.2, 0) is 15.6 Å². The molecular weight excluding hydrogens is 424 g/mol. The highest BCUT2D eigenvalue weighted by Gasteiger charge is 2.34. The van der Waals surface area contributed by atoms with Crippen molar-refractivity contribution in [2.75, 3.05) is 0 Å². The van der Waals surface area contributed by atoms with Crippen LogP contribution in [0.5, 0.6) is 0 Å². The molecule has 30 heavy (non-hydrogen) atoms. The fourth-order valence-corrected chi connectivity index (χ4v) is 4.93. The molecule has 1 aliphatic carbocycles. The molecule has 1 saturated carbocycles. The molecule has 0 saturated heterocycles. The minimum atomic E-state index is -3.79. The van der Waals surface area contributed by atoms with Gasteiger partial charge in [0.15, 0.2) is 0 Å². The molecule has 0 aliphatic heterocycles. The molecular formula is C21H17ClN4O3S. The SMILES string of the molecule is O=S(=O)(Cc1nc(-c2ccccc2Cl)no1)c1ncc(-c2ccccc2)n1C1CC1. The zero-order valence-corrected chi connectivity index (χ0v) is 17.3. The van der Waals surface area contributed by atoms with Crippen LogP contribution in [0, 0.1) is 0 Å². The zero-order valence-electron chi connectivity index (χ0n) is 15.8. The molecule has 4 aromatic rings. The van der Waals surface area contributed by atoms with Gasteiger partial charge in [-0.05, 0) is 30.5 Å². The Morgan fingerprint density at radius 3 is 2.53 bits per heavy atom. The maximum absolute atomic E-state index is 13.2. The third kappa shape index (κ3) is 3.53. The Balaban J connectivity index is 1.48. The molecule has 0 spiro atoms. The van der Waals surface area contributed by atoms with Crippen LogP contribution in [-0.4, -0.2) is 28.1 Å². The Kier molecular flexibility index (Phi) is 4.67. The molecule has 0 N–H and O–H groups in total. The van der Waals surface area contributed by atoms with Crippen molar-refractivity contribution in [2.24, 2.45) is 0 Å². The van der Waals surface area contributed by atoms with E-state index in [1.807, 2.05) is 34.9 Å². The Morgan fingerprint density at radius 1 is 1.07 bits per heavy atom. The Hall–Kier alpha value is -2.97. The summed E-state index contributed by atoms with van der Waals surface area (Å²) in [4.78, 5) is 8.49. The van der Waals surface area contributed by atoms with E-state index in [-0.39, 0.29) is 22.9 Å². The van der Waals surface area contributed by atoms with Crippen molar-refractivity contribution in [1.82, 2.24) is 19.7 Å². The van der Waals surface area contributed by atoms with Crippen LogP contribution < -0.4 is 0 Å². The summed E-state index contributed by atoms with van der Waals surface area (Å²) in [6.45, 7) is 0. The summed E-state index contributed by atoms with van der Waals surface area (Å²) in [6.07, 6.45) is 3.47. The Bertz CT molecular complexity index is 1310. The van der Waals surface area contributed by atoms with Gasteiger partial charge in [0.1, 0.15) is 5.75 Å². The van der Waals surface area contributed by atoms with E-state index in [9.17, 15) is 8.42 Å². The van der Waals surface area contributed by atoms with Crippen LogP contribution in [0.25, 0.3) is 22.6 Å². The van der Waals surface area contributed by atoms with Gasteiger partial charge in [0.05, 0.1) is 16.9 Å². The first-order valence-corrected chi connectivity index (χ1v) is 11.5. The van der Waals surface area contributed by atoms with Gasteiger partial charge in [-0.2, -0.15) is 4.98 Å². The molecule has 0 bridgehead atoms. The van der Waals surface area contributed by atoms with Gasteiger partial charge in [-0.25, -0.2) is 13.4 Å². The van der Waals surface area contributed by atoms with E-state index in [0.29, 0.717) is 10.6 Å². The molecule has 1 fully saturated rings. The van der Waals surface area contributed by atoms with Crippen molar-refractivity contribution in [3.8, 4) is 22.6 Å². The number of nitrogens with zero attached hydrogens (tertiary/aromatic N) is 4. The number of aromatic nitrogens is 4. The van der Waals surface area contributed by atoms with Gasteiger partial charge >= 0.3 is 0 Å². The molecule has 2 heterocycles. The lowest BCUT2D eigenvalue weighted by atomic mass is 10.2. The van der Waals surface area contributed by atoms with Gasteiger partial charge in [-0.3, -0.25) is 0 Å². The van der Waals surface area contributed by atoms with Gasteiger partial charge < -0.3 is 9.09 Å². The van der Waals surface area contributed by atoms with Crippen molar-refractivity contribution in [2.45, 2.75) is 29.8 Å². The maximum Gasteiger partial charge on any atom is 0.242 e. The predicted octanol–water partition coefficient (Wildman–Crippen LogP) is 4.56. The first-order chi connectivity index (χ1) is 14.5. The number of sulfone groups is 1. The molecule has 7 nitrogen and oxygen atoms in total. The number of imidazole rings is 1. The molecule has 0 amide bonds. The molecule has 1 aliphatic rings. The smallest absolute Gasteiger partial charge is 0.242 e. The predicted molar refractivity (Wildman–Crippen MR) is 112 cm³/mol. The summed E-state index contributed by atoms with van der Waals surface area (Å²) in [5, 5.41) is 4.38. The summed E-state index contributed by atoms with van der Waals surface area (Å²) < 4.78 is 33.4. The normalized spacial score (nSPS) is 14.2. The highest BCUT2D eigenvalue weighted by molar-refractivity contribution is 7.90. The molecule has 0 radical (unpaired) electrons. The second-order valence-corrected chi connectivity index (χ2v) is 9.43. The molecule has 0 atom stereocenters. The molecule has 9 heteroatoms. The lowest BCUT2D eigenvalue weighted by Gasteiger charge is -2.10. The zero-order chi connectivity index (χ0) is 20.7. The second kappa shape index (κ2) is 7.37. The van der Waals surface area contributed by atoms with E-state index in [4.69, 9.17) is 16.1 Å². The van der Waals surface area contributed by atoms with Gasteiger partial charge in [0.25, 0.3) is 0 Å². The average Bonchev–Trinajstić information content (AvgIpc) is 3.31. The van der Waals surface area contributed by atoms with Gasteiger partial charge in [0.2, 0.25) is 26.7 Å². The number of benzene rings is 2. The maximum atomic E-state index is 13.2. The van der Waals surface area contributed by atoms with E-state index >= 15 is 0 Å². The van der Waals surface area contributed by atoms with Crippen molar-refractivity contribution in [3.05, 3.63) is 71.7 Å². The van der Waals surface area contributed by atoms with E-state index < -0.39 is 15.6 Å². The van der Waals surface area contributed by atoms with Crippen molar-refractivity contribution >= 4 is 21.4 Å². The third-order valence-corrected chi connectivity index (χ3v) is 6.73. The van der Waals surface area contributed by atoms with E-state index in [1.54, 1.807) is 30.5 Å². The van der Waals surface area contributed by atoms with Crippen LogP contribution in [0.1, 0.15) is 24.8 Å². The summed E-state index contributed by atoms with van der Waals surface area (Å²) in [7, 11) is -3.79. The topological polar surface area (TPSA) is 90.9 Å². The van der Waals surface area contributed by atoms with E-state index in [1.165, 1.54) is 0 Å². The van der Waals surface area contributed by atoms with Crippen LogP contribution in [0.4, 0.5) is 0 Å². The van der Waals surface area contributed by atoms with E-state index in [2.05, 4.69) is 15.1 Å². The summed E-state index contributed by atoms with van der Waals surface area (Å²) in [5.74, 6) is -0.180. The quantitative estimate of drug-likeness (QED) is 0.436. The first-order valence-electron chi connectivity index (χ1n) is 9.46. The van der Waals surface area contributed by atoms with Crippen LogP contribution in [0.15, 0.2) is 70.5 Å². The van der Waals surface area contributed by atoms with Crippen molar-refractivity contribution < 1.29 is 12.9 Å². The number of hydrogen-bond donors (Lipinski definition) is 0. The number of rotatable bonds is 6. The molecule has 152 valence electrons. The molecule has 0 unspecified atom stereocenters. The van der Waals surface area contributed by atoms with Gasteiger partial charge in [-0.15, -0.1) is 0 Å². The van der Waals surface area contributed by atoms with Gasteiger partial charge in [-0.1, -0.05) is 59.2 Å². The fraction of sp³-hybridized carbons (Fsp3) is 0.190. The lowest BCUT2D eigenvalue weighted by Crippen LogP contribution is -2.13. The largest absolute Gasteiger partial charge is 0.338 e. The second-order valence-electron chi connectivity index (χ2n) is 7.14. The Labute approximate surface area is 178 Å². The minimum Gasteiger partial charge on any atom is -0.338 e. The third-order valence-electron chi connectivity index (χ3n) is 4.92. The van der Waals surface area contributed by atoms with E-state index in [0.717, 1.165) is 24.1 Å². The van der Waals surface area contributed by atoms with Crippen molar-refractivity contribution in [1.29, 1.82) is 0 Å². The standard InChI is InChI=1S/C21H17ClN4O3S/c22-17-9-5-4-8-16(17)20-24-19(29-25-20)13-30(27,28)21-23-12-18(26(21)15-10-11-15)14-6-2-1-3-7-14/h1-9,12,15H,10-11,13H2. The molecule has 2 aromatic carbocycles. The van der Waals surface area contributed by atoms with Crippen LogP contribution in [0.3, 0.4) is 0 Å². The molecule has 5 rings (SSSR count). The van der Waals surface area contributed by atoms with Crippen LogP contribution >= 0.6 is 11.6 Å². The summed E-state index contributed by atoms with van der Waals surface area (Å²) in [6, 6.07) is 16.8. The highest BCUT2D eigenvalue weighted by Crippen LogP contribution is 2.41.